The summed E-state index contributed by atoms with van der Waals surface area (Å²) in [6, 6.07) is 8.50. The van der Waals surface area contributed by atoms with Gasteiger partial charge in [0.2, 0.25) is 5.91 Å². The maximum Gasteiger partial charge on any atom is 0.228 e. The van der Waals surface area contributed by atoms with E-state index in [1.807, 2.05) is 12.1 Å². The van der Waals surface area contributed by atoms with E-state index in [1.54, 1.807) is 11.8 Å². The summed E-state index contributed by atoms with van der Waals surface area (Å²) in [7, 11) is 0. The van der Waals surface area contributed by atoms with Crippen molar-refractivity contribution in [1.29, 1.82) is 0 Å². The van der Waals surface area contributed by atoms with Gasteiger partial charge in [-0.3, -0.25) is 4.79 Å². The van der Waals surface area contributed by atoms with Gasteiger partial charge in [0, 0.05) is 22.7 Å². The molecule has 1 aliphatic carbocycles. The highest BCUT2D eigenvalue weighted by Gasteiger charge is 2.31. The Kier molecular flexibility index (Phi) is 4.32. The summed E-state index contributed by atoms with van der Waals surface area (Å²) < 4.78 is 0. The van der Waals surface area contributed by atoms with Crippen LogP contribution in [0.15, 0.2) is 29.2 Å². The molecule has 1 amide bonds. The minimum absolute atomic E-state index is 0.00773. The summed E-state index contributed by atoms with van der Waals surface area (Å²) in [5, 5.41) is 3.21. The van der Waals surface area contributed by atoms with E-state index in [0.29, 0.717) is 0 Å². The number of hydrogen-bond donors (Lipinski definition) is 2. The Labute approximate surface area is 124 Å². The van der Waals surface area contributed by atoms with Crippen LogP contribution in [0.4, 0.5) is 0 Å². The first-order valence-electron chi connectivity index (χ1n) is 7.53. The number of benzene rings is 1. The number of rotatable bonds is 2. The number of nitrogens with two attached hydrogens (primary N) is 1. The first-order valence-corrected chi connectivity index (χ1v) is 8.52. The van der Waals surface area contributed by atoms with Crippen LogP contribution >= 0.6 is 11.8 Å². The predicted molar refractivity (Wildman–Crippen MR) is 82.9 cm³/mol. The molecule has 1 aromatic rings. The molecule has 1 aliphatic heterocycles. The Balaban J connectivity index is 1.68. The molecule has 3 nitrogen and oxygen atoms in total. The van der Waals surface area contributed by atoms with Crippen LogP contribution in [-0.2, 0) is 4.79 Å². The van der Waals surface area contributed by atoms with Gasteiger partial charge in [0.1, 0.15) is 0 Å². The van der Waals surface area contributed by atoms with Crippen LogP contribution in [0.3, 0.4) is 0 Å². The Morgan fingerprint density at radius 1 is 1.20 bits per heavy atom. The zero-order valence-electron chi connectivity index (χ0n) is 11.7. The van der Waals surface area contributed by atoms with Gasteiger partial charge in [-0.2, -0.15) is 0 Å². The molecule has 1 aromatic carbocycles. The summed E-state index contributed by atoms with van der Waals surface area (Å²) in [6.45, 7) is 0. The standard InChI is InChI=1S/C16H22N2OS/c17-13-7-2-1-3-8-14(13)18-16(19)12-10-20-15-9-5-4-6-11(12)15/h4-6,9,12-14H,1-3,7-8,10,17H2,(H,18,19). The normalized spacial score (nSPS) is 29.6. The third kappa shape index (κ3) is 2.86. The van der Waals surface area contributed by atoms with E-state index in [0.717, 1.165) is 18.6 Å². The van der Waals surface area contributed by atoms with E-state index in [4.69, 9.17) is 5.73 Å². The molecule has 0 bridgehead atoms. The van der Waals surface area contributed by atoms with Crippen molar-refractivity contribution < 1.29 is 4.79 Å². The first-order chi connectivity index (χ1) is 9.75. The van der Waals surface area contributed by atoms with Crippen molar-refractivity contribution in [3.8, 4) is 0 Å². The molecular formula is C16H22N2OS. The quantitative estimate of drug-likeness (QED) is 0.823. The van der Waals surface area contributed by atoms with Gasteiger partial charge >= 0.3 is 0 Å². The molecule has 3 rings (SSSR count). The Morgan fingerprint density at radius 3 is 2.90 bits per heavy atom. The van der Waals surface area contributed by atoms with Crippen molar-refractivity contribution >= 4 is 17.7 Å². The van der Waals surface area contributed by atoms with Crippen molar-refractivity contribution in [2.45, 2.75) is 55.0 Å². The monoisotopic (exact) mass is 290 g/mol. The van der Waals surface area contributed by atoms with Gasteiger partial charge in [-0.1, -0.05) is 37.5 Å². The number of carbonyl (C=O) groups is 1. The van der Waals surface area contributed by atoms with Crippen molar-refractivity contribution in [3.05, 3.63) is 29.8 Å². The summed E-state index contributed by atoms with van der Waals surface area (Å²) >= 11 is 1.78. The number of hydrogen-bond acceptors (Lipinski definition) is 3. The maximum atomic E-state index is 12.6. The summed E-state index contributed by atoms with van der Waals surface area (Å²) in [5.74, 6) is 1.00. The highest BCUT2D eigenvalue weighted by molar-refractivity contribution is 7.99. The lowest BCUT2D eigenvalue weighted by Gasteiger charge is -2.24. The lowest BCUT2D eigenvalue weighted by Crippen LogP contribution is -2.48. The van der Waals surface area contributed by atoms with Crippen LogP contribution in [0, 0.1) is 0 Å². The third-order valence-corrected chi connectivity index (χ3v) is 5.60. The Morgan fingerprint density at radius 2 is 2.00 bits per heavy atom. The zero-order valence-corrected chi connectivity index (χ0v) is 12.5. The van der Waals surface area contributed by atoms with Crippen molar-refractivity contribution in [2.24, 2.45) is 5.73 Å². The van der Waals surface area contributed by atoms with Crippen LogP contribution < -0.4 is 11.1 Å². The molecule has 0 aromatic heterocycles. The van der Waals surface area contributed by atoms with Gasteiger partial charge in [-0.25, -0.2) is 0 Å². The molecule has 0 saturated heterocycles. The number of fused-ring (bicyclic) bond motifs is 1. The number of amides is 1. The second kappa shape index (κ2) is 6.19. The molecule has 2 aliphatic rings. The minimum atomic E-state index is -0.00773. The average molecular weight is 290 g/mol. The van der Waals surface area contributed by atoms with E-state index in [2.05, 4.69) is 17.4 Å². The van der Waals surface area contributed by atoms with E-state index in [-0.39, 0.29) is 23.9 Å². The molecule has 4 heteroatoms. The second-order valence-electron chi connectivity index (χ2n) is 5.82. The minimum Gasteiger partial charge on any atom is -0.351 e. The Hall–Kier alpha value is -1.00. The molecule has 0 radical (unpaired) electrons. The summed E-state index contributed by atoms with van der Waals surface area (Å²) in [6.07, 6.45) is 5.65. The van der Waals surface area contributed by atoms with Gasteiger partial charge < -0.3 is 11.1 Å². The molecule has 20 heavy (non-hydrogen) atoms. The molecule has 3 unspecified atom stereocenters. The van der Waals surface area contributed by atoms with Crippen LogP contribution in [0.2, 0.25) is 0 Å². The van der Waals surface area contributed by atoms with Gasteiger partial charge in [0.25, 0.3) is 0 Å². The first kappa shape index (κ1) is 14.0. The predicted octanol–water partition coefficient (Wildman–Crippen LogP) is 2.65. The third-order valence-electron chi connectivity index (χ3n) is 4.41. The number of carbonyl (C=O) groups excluding carboxylic acids is 1. The number of thioether (sulfide) groups is 1. The topological polar surface area (TPSA) is 55.1 Å². The second-order valence-corrected chi connectivity index (χ2v) is 6.88. The van der Waals surface area contributed by atoms with Gasteiger partial charge in [-0.05, 0) is 24.5 Å². The molecule has 0 spiro atoms. The van der Waals surface area contributed by atoms with Gasteiger partial charge in [0.15, 0.2) is 0 Å². The van der Waals surface area contributed by atoms with Crippen molar-refractivity contribution in [2.75, 3.05) is 5.75 Å². The van der Waals surface area contributed by atoms with Crippen LogP contribution in [0.1, 0.15) is 43.6 Å². The van der Waals surface area contributed by atoms with Crippen molar-refractivity contribution in [3.63, 3.8) is 0 Å². The van der Waals surface area contributed by atoms with E-state index >= 15 is 0 Å². The maximum absolute atomic E-state index is 12.6. The molecule has 3 N–H and O–H groups in total. The fourth-order valence-corrected chi connectivity index (χ4v) is 4.41. The lowest BCUT2D eigenvalue weighted by molar-refractivity contribution is -0.123. The molecular weight excluding hydrogens is 268 g/mol. The molecule has 108 valence electrons. The Bertz CT molecular complexity index is 491. The van der Waals surface area contributed by atoms with Gasteiger partial charge in [-0.15, -0.1) is 11.8 Å². The van der Waals surface area contributed by atoms with E-state index in [1.165, 1.54) is 29.7 Å². The smallest absolute Gasteiger partial charge is 0.228 e. The molecule has 1 heterocycles. The fraction of sp³-hybridized carbons (Fsp3) is 0.562. The van der Waals surface area contributed by atoms with Crippen molar-refractivity contribution in [1.82, 2.24) is 5.32 Å². The SMILES string of the molecule is NC1CCCCCC1NC(=O)C1CSc2ccccc21. The highest BCUT2D eigenvalue weighted by Crippen LogP contribution is 2.39. The lowest BCUT2D eigenvalue weighted by atomic mass is 9.98. The summed E-state index contributed by atoms with van der Waals surface area (Å²) in [4.78, 5) is 13.8. The van der Waals surface area contributed by atoms with E-state index in [9.17, 15) is 4.79 Å². The highest BCUT2D eigenvalue weighted by atomic mass is 32.2. The van der Waals surface area contributed by atoms with Crippen LogP contribution in [0.5, 0.6) is 0 Å². The molecule has 1 fully saturated rings. The largest absolute Gasteiger partial charge is 0.351 e. The zero-order chi connectivity index (χ0) is 13.9. The van der Waals surface area contributed by atoms with Crippen LogP contribution in [-0.4, -0.2) is 23.7 Å². The molecule has 3 atom stereocenters. The number of nitrogens with one attached hydrogen (secondary N) is 1. The fourth-order valence-electron chi connectivity index (χ4n) is 3.18. The summed E-state index contributed by atoms with van der Waals surface area (Å²) in [5.41, 5.74) is 7.38. The van der Waals surface area contributed by atoms with Crippen LogP contribution in [0.25, 0.3) is 0 Å². The average Bonchev–Trinajstić information content (AvgIpc) is 2.79. The van der Waals surface area contributed by atoms with Gasteiger partial charge in [0.05, 0.1) is 5.92 Å². The van der Waals surface area contributed by atoms with E-state index < -0.39 is 0 Å². The molecule has 1 saturated carbocycles.